The number of hydrogen-bond acceptors (Lipinski definition) is 3. The number of nitro groups is 1. The van der Waals surface area contributed by atoms with Gasteiger partial charge in [0.25, 0.3) is 5.69 Å². The highest BCUT2D eigenvalue weighted by atomic mass is 35.5. The summed E-state index contributed by atoms with van der Waals surface area (Å²) in [5.41, 5.74) is 1.40. The summed E-state index contributed by atoms with van der Waals surface area (Å²) in [7, 11) is 0. The first-order valence-electron chi connectivity index (χ1n) is 6.04. The van der Waals surface area contributed by atoms with E-state index in [0.717, 1.165) is 5.52 Å². The highest BCUT2D eigenvalue weighted by Gasteiger charge is 2.22. The molecule has 0 saturated heterocycles. The molecule has 0 bridgehead atoms. The molecule has 3 aromatic rings. The first-order chi connectivity index (χ1) is 10.1. The van der Waals surface area contributed by atoms with Crippen LogP contribution in [0.3, 0.4) is 0 Å². The molecule has 0 aliphatic rings. The largest absolute Gasteiger partial charge is 0.346 e. The Balaban J connectivity index is 2.10. The molecule has 1 N–H and O–H groups in total. The topological polar surface area (TPSA) is 79.3 Å². The fraction of sp³-hybridized carbons (Fsp3) is 0. The van der Waals surface area contributed by atoms with Gasteiger partial charge in [0.05, 0.1) is 10.5 Å². The lowest BCUT2D eigenvalue weighted by Crippen LogP contribution is -2.12. The number of hydrogen-bond donors (Lipinski definition) is 0. The number of carbonyl (C=O) groups is 1. The standard InChI is InChI=1S/C14H8ClN3O3/c15-10-6-5-9(7-13(10)18(20)21)14(19)17-8-16-11-3-1-2-4-12(11)17/h1-8H/p+1. The number of para-hydroxylation sites is 2. The van der Waals surface area contributed by atoms with E-state index >= 15 is 0 Å². The average Bonchev–Trinajstić information content (AvgIpc) is 2.90. The normalized spacial score (nSPS) is 10.7. The molecule has 0 unspecified atom stereocenters. The van der Waals surface area contributed by atoms with E-state index in [4.69, 9.17) is 11.6 Å². The number of rotatable bonds is 2. The highest BCUT2D eigenvalue weighted by Crippen LogP contribution is 2.25. The van der Waals surface area contributed by atoms with Crippen LogP contribution in [0, 0.1) is 10.1 Å². The van der Waals surface area contributed by atoms with E-state index in [9.17, 15) is 14.9 Å². The number of nitro benzene ring substituents is 1. The average molecular weight is 303 g/mol. The van der Waals surface area contributed by atoms with Crippen molar-refractivity contribution in [2.45, 2.75) is 0 Å². The van der Waals surface area contributed by atoms with Crippen LogP contribution in [-0.4, -0.2) is 15.4 Å². The number of fused-ring (bicyclic) bond motifs is 1. The number of benzene rings is 2. The van der Waals surface area contributed by atoms with Crippen LogP contribution in [0.2, 0.25) is 5.02 Å². The van der Waals surface area contributed by atoms with Gasteiger partial charge in [-0.1, -0.05) is 23.7 Å². The molecule has 0 saturated carbocycles. The van der Waals surface area contributed by atoms with Crippen LogP contribution in [0.25, 0.3) is 11.0 Å². The summed E-state index contributed by atoms with van der Waals surface area (Å²) in [6.07, 6.45) is 1.52. The van der Waals surface area contributed by atoms with Crippen LogP contribution in [-0.2, 0) is 0 Å². The zero-order valence-electron chi connectivity index (χ0n) is 10.6. The molecule has 7 heteroatoms. The van der Waals surface area contributed by atoms with E-state index in [2.05, 4.69) is 4.98 Å². The summed E-state index contributed by atoms with van der Waals surface area (Å²) >= 11 is 5.75. The van der Waals surface area contributed by atoms with Gasteiger partial charge in [-0.05, 0) is 24.3 Å². The summed E-state index contributed by atoms with van der Waals surface area (Å²) in [6, 6.07) is 11.3. The van der Waals surface area contributed by atoms with Gasteiger partial charge >= 0.3 is 5.91 Å². The lowest BCUT2D eigenvalue weighted by atomic mass is 10.2. The van der Waals surface area contributed by atoms with Crippen LogP contribution < -0.4 is 4.98 Å². The van der Waals surface area contributed by atoms with Crippen molar-refractivity contribution in [3.8, 4) is 0 Å². The first kappa shape index (κ1) is 13.3. The molecular weight excluding hydrogens is 294 g/mol. The molecule has 0 atom stereocenters. The molecule has 21 heavy (non-hydrogen) atoms. The van der Waals surface area contributed by atoms with Crippen molar-refractivity contribution in [3.63, 3.8) is 0 Å². The number of nitrogens with zero attached hydrogens (tertiary/aromatic N) is 2. The quantitative estimate of drug-likeness (QED) is 0.539. The zero-order chi connectivity index (χ0) is 15.0. The maximum atomic E-state index is 12.5. The molecule has 0 fully saturated rings. The molecule has 1 aromatic heterocycles. The van der Waals surface area contributed by atoms with E-state index in [1.54, 1.807) is 6.07 Å². The molecule has 0 aliphatic heterocycles. The maximum absolute atomic E-state index is 12.5. The number of halogens is 1. The molecule has 0 amide bonds. The second-order valence-electron chi connectivity index (χ2n) is 4.39. The number of carbonyl (C=O) groups excluding carboxylic acids is 1. The van der Waals surface area contributed by atoms with Gasteiger partial charge in [-0.3, -0.25) is 10.1 Å². The van der Waals surface area contributed by atoms with Crippen LogP contribution in [0.4, 0.5) is 5.69 Å². The summed E-state index contributed by atoms with van der Waals surface area (Å²) < 4.78 is 1.41. The number of H-pyrrole nitrogens is 1. The lowest BCUT2D eigenvalue weighted by molar-refractivity contribution is -0.384. The van der Waals surface area contributed by atoms with Gasteiger partial charge in [-0.15, -0.1) is 0 Å². The Morgan fingerprint density at radius 3 is 2.76 bits per heavy atom. The lowest BCUT2D eigenvalue weighted by Gasteiger charge is -1.99. The van der Waals surface area contributed by atoms with Crippen LogP contribution in [0.1, 0.15) is 10.4 Å². The van der Waals surface area contributed by atoms with E-state index in [1.165, 1.54) is 29.1 Å². The molecule has 0 aliphatic carbocycles. The minimum atomic E-state index is -0.612. The van der Waals surface area contributed by atoms with Gasteiger partial charge in [0.15, 0.2) is 11.0 Å². The Bertz CT molecular complexity index is 873. The summed E-state index contributed by atoms with van der Waals surface area (Å²) in [5, 5.41) is 10.9. The van der Waals surface area contributed by atoms with Gasteiger partial charge in [0.2, 0.25) is 6.33 Å². The summed E-state index contributed by atoms with van der Waals surface area (Å²) in [6.45, 7) is 0. The smallest absolute Gasteiger partial charge is 0.258 e. The molecule has 104 valence electrons. The van der Waals surface area contributed by atoms with Crippen molar-refractivity contribution >= 4 is 34.2 Å². The Hall–Kier alpha value is -2.73. The van der Waals surface area contributed by atoms with E-state index in [-0.39, 0.29) is 22.2 Å². The first-order valence-corrected chi connectivity index (χ1v) is 6.42. The van der Waals surface area contributed by atoms with Gasteiger partial charge in [-0.25, -0.2) is 9.78 Å². The SMILES string of the molecule is O=C(c1ccc(Cl)c([N+](=O)[O-])c1)n1c[nH+]c2ccccc21. The van der Waals surface area contributed by atoms with Crippen LogP contribution >= 0.6 is 11.6 Å². The minimum absolute atomic E-state index is 0.000441. The molecule has 1 heterocycles. The molecule has 6 nitrogen and oxygen atoms in total. The van der Waals surface area contributed by atoms with Crippen LogP contribution in [0.5, 0.6) is 0 Å². The minimum Gasteiger partial charge on any atom is -0.258 e. The van der Waals surface area contributed by atoms with E-state index in [1.807, 2.05) is 18.2 Å². The number of aromatic nitrogens is 2. The van der Waals surface area contributed by atoms with Crippen LogP contribution in [0.15, 0.2) is 48.8 Å². The van der Waals surface area contributed by atoms with Gasteiger partial charge in [-0.2, -0.15) is 4.57 Å². The van der Waals surface area contributed by atoms with Crippen molar-refractivity contribution < 1.29 is 14.7 Å². The molecular formula is C14H9ClN3O3+. The number of nitrogens with one attached hydrogen (secondary N) is 1. The molecule has 0 radical (unpaired) electrons. The third-order valence-electron chi connectivity index (χ3n) is 3.12. The zero-order valence-corrected chi connectivity index (χ0v) is 11.4. The summed E-state index contributed by atoms with van der Waals surface area (Å²) in [5.74, 6) is -0.368. The molecule has 0 spiro atoms. The Morgan fingerprint density at radius 1 is 1.24 bits per heavy atom. The van der Waals surface area contributed by atoms with E-state index < -0.39 is 4.92 Å². The predicted molar refractivity (Wildman–Crippen MR) is 76.3 cm³/mol. The maximum Gasteiger partial charge on any atom is 0.346 e. The summed E-state index contributed by atoms with van der Waals surface area (Å²) in [4.78, 5) is 25.7. The van der Waals surface area contributed by atoms with Gasteiger partial charge in [0, 0.05) is 6.07 Å². The Morgan fingerprint density at radius 2 is 2.00 bits per heavy atom. The van der Waals surface area contributed by atoms with E-state index in [0.29, 0.717) is 5.52 Å². The molecule has 3 rings (SSSR count). The number of aromatic amines is 1. The fourth-order valence-electron chi connectivity index (χ4n) is 2.10. The van der Waals surface area contributed by atoms with Gasteiger partial charge in [0.1, 0.15) is 5.02 Å². The third-order valence-corrected chi connectivity index (χ3v) is 3.44. The predicted octanol–water partition coefficient (Wildman–Crippen LogP) is 2.71. The fourth-order valence-corrected chi connectivity index (χ4v) is 2.29. The van der Waals surface area contributed by atoms with Crippen molar-refractivity contribution in [2.75, 3.05) is 0 Å². The van der Waals surface area contributed by atoms with Crippen molar-refractivity contribution in [3.05, 3.63) is 69.5 Å². The van der Waals surface area contributed by atoms with Crippen molar-refractivity contribution in [1.29, 1.82) is 0 Å². The molecule has 2 aromatic carbocycles. The Labute approximate surface area is 123 Å². The second-order valence-corrected chi connectivity index (χ2v) is 4.80. The number of imidazole rings is 1. The second kappa shape index (κ2) is 4.99. The monoisotopic (exact) mass is 302 g/mol. The highest BCUT2D eigenvalue weighted by molar-refractivity contribution is 6.32. The van der Waals surface area contributed by atoms with Crippen molar-refractivity contribution in [2.24, 2.45) is 0 Å². The van der Waals surface area contributed by atoms with Gasteiger partial charge < -0.3 is 0 Å². The Kier molecular flexibility index (Phi) is 3.15. The third kappa shape index (κ3) is 2.25. The van der Waals surface area contributed by atoms with Crippen molar-refractivity contribution in [1.82, 2.24) is 4.57 Å².